The first-order valence-corrected chi connectivity index (χ1v) is 4.92. The van der Waals surface area contributed by atoms with Crippen LogP contribution in [0.15, 0.2) is 24.8 Å². The first-order valence-electron chi connectivity index (χ1n) is 4.92. The van der Waals surface area contributed by atoms with Crippen LogP contribution in [0.1, 0.15) is 18.0 Å². The van der Waals surface area contributed by atoms with Crippen LogP contribution in [0.25, 0.3) is 0 Å². The number of benzene rings is 1. The van der Waals surface area contributed by atoms with Gasteiger partial charge in [-0.2, -0.15) is 0 Å². The molecule has 16 heavy (non-hydrogen) atoms. The Labute approximate surface area is 94.7 Å². The molecule has 1 atom stereocenters. The molecule has 0 fully saturated rings. The summed E-state index contributed by atoms with van der Waals surface area (Å²) in [6, 6.07) is 2.27. The van der Waals surface area contributed by atoms with Crippen LogP contribution in [0.5, 0.6) is 11.5 Å². The molecule has 0 saturated heterocycles. The van der Waals surface area contributed by atoms with Crippen molar-refractivity contribution < 1.29 is 13.9 Å². The van der Waals surface area contributed by atoms with E-state index >= 15 is 0 Å². The maximum Gasteiger partial charge on any atom is 0.130 e. The van der Waals surface area contributed by atoms with E-state index < -0.39 is 5.82 Å². The SMILES string of the molecule is C=CCC(N)c1c(OC)cc(F)cc1OC. The number of methoxy groups -OCH3 is 2. The van der Waals surface area contributed by atoms with Crippen LogP contribution in [0.2, 0.25) is 0 Å². The maximum absolute atomic E-state index is 13.2. The van der Waals surface area contributed by atoms with Gasteiger partial charge in [-0.3, -0.25) is 0 Å². The van der Waals surface area contributed by atoms with Crippen LogP contribution in [-0.2, 0) is 0 Å². The number of nitrogens with two attached hydrogens (primary N) is 1. The van der Waals surface area contributed by atoms with Gasteiger partial charge in [-0.1, -0.05) is 6.08 Å². The second-order valence-corrected chi connectivity index (χ2v) is 3.35. The van der Waals surface area contributed by atoms with Crippen molar-refractivity contribution >= 4 is 0 Å². The van der Waals surface area contributed by atoms with Crippen molar-refractivity contribution in [2.45, 2.75) is 12.5 Å². The molecular formula is C12H16FNO2. The fraction of sp³-hybridized carbons (Fsp3) is 0.333. The summed E-state index contributed by atoms with van der Waals surface area (Å²) in [6.07, 6.45) is 2.27. The number of ether oxygens (including phenoxy) is 2. The van der Waals surface area contributed by atoms with Gasteiger partial charge in [0.2, 0.25) is 0 Å². The number of hydrogen-bond donors (Lipinski definition) is 1. The van der Waals surface area contributed by atoms with Gasteiger partial charge in [0.15, 0.2) is 0 Å². The lowest BCUT2D eigenvalue weighted by Gasteiger charge is -2.17. The van der Waals surface area contributed by atoms with Crippen molar-refractivity contribution in [2.75, 3.05) is 14.2 Å². The van der Waals surface area contributed by atoms with Crippen molar-refractivity contribution in [2.24, 2.45) is 5.73 Å². The second kappa shape index (κ2) is 5.51. The lowest BCUT2D eigenvalue weighted by molar-refractivity contribution is 0.374. The molecule has 0 aliphatic carbocycles. The van der Waals surface area contributed by atoms with E-state index in [0.29, 0.717) is 23.5 Å². The predicted octanol–water partition coefficient (Wildman–Crippen LogP) is 2.42. The molecule has 0 heterocycles. The van der Waals surface area contributed by atoms with E-state index in [9.17, 15) is 4.39 Å². The molecule has 3 nitrogen and oxygen atoms in total. The van der Waals surface area contributed by atoms with E-state index in [1.54, 1.807) is 6.08 Å². The Kier molecular flexibility index (Phi) is 4.31. The maximum atomic E-state index is 13.2. The van der Waals surface area contributed by atoms with Gasteiger partial charge in [0, 0.05) is 18.2 Å². The van der Waals surface area contributed by atoms with Gasteiger partial charge in [0.1, 0.15) is 17.3 Å². The third-order valence-electron chi connectivity index (χ3n) is 2.30. The first-order chi connectivity index (χ1) is 7.63. The minimum Gasteiger partial charge on any atom is -0.496 e. The summed E-state index contributed by atoms with van der Waals surface area (Å²) in [6.45, 7) is 3.62. The van der Waals surface area contributed by atoms with Gasteiger partial charge in [-0.05, 0) is 6.42 Å². The molecule has 0 aliphatic rings. The molecule has 0 spiro atoms. The molecule has 1 unspecified atom stereocenters. The largest absolute Gasteiger partial charge is 0.496 e. The van der Waals surface area contributed by atoms with Crippen LogP contribution in [-0.4, -0.2) is 14.2 Å². The van der Waals surface area contributed by atoms with Crippen LogP contribution in [0, 0.1) is 5.82 Å². The molecule has 1 rings (SSSR count). The van der Waals surface area contributed by atoms with Crippen LogP contribution in [0.3, 0.4) is 0 Å². The lowest BCUT2D eigenvalue weighted by Crippen LogP contribution is -2.12. The van der Waals surface area contributed by atoms with E-state index in [0.717, 1.165) is 0 Å². The Morgan fingerprint density at radius 1 is 1.38 bits per heavy atom. The van der Waals surface area contributed by atoms with Gasteiger partial charge >= 0.3 is 0 Å². The van der Waals surface area contributed by atoms with E-state index in [-0.39, 0.29) is 6.04 Å². The second-order valence-electron chi connectivity index (χ2n) is 3.35. The average molecular weight is 225 g/mol. The summed E-state index contributed by atoms with van der Waals surface area (Å²) in [5, 5.41) is 0. The molecule has 0 amide bonds. The van der Waals surface area contributed by atoms with Crippen LogP contribution in [0.4, 0.5) is 4.39 Å². The molecule has 1 aromatic rings. The molecule has 0 saturated carbocycles. The highest BCUT2D eigenvalue weighted by molar-refractivity contribution is 5.47. The Hall–Kier alpha value is -1.55. The number of halogens is 1. The Balaban J connectivity index is 3.26. The summed E-state index contributed by atoms with van der Waals surface area (Å²) in [5.41, 5.74) is 6.61. The third kappa shape index (κ3) is 2.52. The Morgan fingerprint density at radius 2 is 1.88 bits per heavy atom. The van der Waals surface area contributed by atoms with Gasteiger partial charge < -0.3 is 15.2 Å². The van der Waals surface area contributed by atoms with Crippen molar-refractivity contribution in [3.05, 3.63) is 36.2 Å². The van der Waals surface area contributed by atoms with Crippen molar-refractivity contribution in [3.63, 3.8) is 0 Å². The number of rotatable bonds is 5. The molecule has 1 aromatic carbocycles. The van der Waals surface area contributed by atoms with E-state index in [2.05, 4.69) is 6.58 Å². The third-order valence-corrected chi connectivity index (χ3v) is 2.30. The standard InChI is InChI=1S/C12H16FNO2/c1-4-5-9(14)12-10(15-2)6-8(13)7-11(12)16-3/h4,6-7,9H,1,5,14H2,2-3H3. The predicted molar refractivity (Wildman–Crippen MR) is 61.2 cm³/mol. The molecular weight excluding hydrogens is 209 g/mol. The zero-order valence-electron chi connectivity index (χ0n) is 9.50. The van der Waals surface area contributed by atoms with Crippen LogP contribution < -0.4 is 15.2 Å². The monoisotopic (exact) mass is 225 g/mol. The van der Waals surface area contributed by atoms with Crippen molar-refractivity contribution in [3.8, 4) is 11.5 Å². The molecule has 88 valence electrons. The molecule has 0 aromatic heterocycles. The lowest BCUT2D eigenvalue weighted by atomic mass is 10.0. The van der Waals surface area contributed by atoms with Crippen molar-refractivity contribution in [1.29, 1.82) is 0 Å². The topological polar surface area (TPSA) is 44.5 Å². The molecule has 0 bridgehead atoms. The molecule has 0 aliphatic heterocycles. The fourth-order valence-electron chi connectivity index (χ4n) is 1.57. The van der Waals surface area contributed by atoms with E-state index in [1.165, 1.54) is 26.4 Å². The Morgan fingerprint density at radius 3 is 2.25 bits per heavy atom. The zero-order valence-corrected chi connectivity index (χ0v) is 9.50. The summed E-state index contributed by atoms with van der Waals surface area (Å²) < 4.78 is 23.4. The van der Waals surface area contributed by atoms with Gasteiger partial charge in [-0.25, -0.2) is 4.39 Å². The smallest absolute Gasteiger partial charge is 0.130 e. The molecule has 0 radical (unpaired) electrons. The van der Waals surface area contributed by atoms with E-state index in [1.807, 2.05) is 0 Å². The Bertz CT molecular complexity index is 354. The average Bonchev–Trinajstić information content (AvgIpc) is 2.27. The fourth-order valence-corrected chi connectivity index (χ4v) is 1.57. The summed E-state index contributed by atoms with van der Waals surface area (Å²) in [7, 11) is 2.94. The minimum atomic E-state index is -0.414. The highest BCUT2D eigenvalue weighted by Crippen LogP contribution is 2.35. The summed E-state index contributed by atoms with van der Waals surface area (Å²) in [5.74, 6) is 0.376. The molecule has 4 heteroatoms. The molecule has 2 N–H and O–H groups in total. The summed E-state index contributed by atoms with van der Waals surface area (Å²) >= 11 is 0. The minimum absolute atomic E-state index is 0.317. The van der Waals surface area contributed by atoms with Crippen LogP contribution >= 0.6 is 0 Å². The summed E-state index contributed by atoms with van der Waals surface area (Å²) in [4.78, 5) is 0. The quantitative estimate of drug-likeness (QED) is 0.783. The zero-order chi connectivity index (χ0) is 12.1. The normalized spacial score (nSPS) is 12.0. The van der Waals surface area contributed by atoms with Crippen molar-refractivity contribution in [1.82, 2.24) is 0 Å². The van der Waals surface area contributed by atoms with E-state index in [4.69, 9.17) is 15.2 Å². The number of hydrogen-bond acceptors (Lipinski definition) is 3. The van der Waals surface area contributed by atoms with Gasteiger partial charge in [-0.15, -0.1) is 6.58 Å². The highest BCUT2D eigenvalue weighted by atomic mass is 19.1. The first kappa shape index (κ1) is 12.5. The van der Waals surface area contributed by atoms with Gasteiger partial charge in [0.25, 0.3) is 0 Å². The van der Waals surface area contributed by atoms with Gasteiger partial charge in [0.05, 0.1) is 19.8 Å². The highest BCUT2D eigenvalue weighted by Gasteiger charge is 2.18.